The lowest BCUT2D eigenvalue weighted by Crippen LogP contribution is -2.43. The SMILES string of the molecule is C#Cc1c(F)ccc2cc(N)cc(-c3c(F)c4c5c(nc(OCC67CCCN6CCC7)nc5c3F)N3CCCOCC3CC4)c12. The highest BCUT2D eigenvalue weighted by Gasteiger charge is 2.45. The van der Waals surface area contributed by atoms with Crippen molar-refractivity contribution in [3.05, 3.63) is 52.8 Å². The molecule has 0 bridgehead atoms. The summed E-state index contributed by atoms with van der Waals surface area (Å²) in [7, 11) is 0. The van der Waals surface area contributed by atoms with E-state index in [4.69, 9.17) is 26.6 Å². The first-order valence-electron chi connectivity index (χ1n) is 15.8. The molecule has 0 saturated carbocycles. The van der Waals surface area contributed by atoms with Crippen LogP contribution in [-0.2, 0) is 11.2 Å². The van der Waals surface area contributed by atoms with Gasteiger partial charge < -0.3 is 20.1 Å². The largest absolute Gasteiger partial charge is 0.461 e. The Morgan fingerprint density at radius 3 is 2.67 bits per heavy atom. The summed E-state index contributed by atoms with van der Waals surface area (Å²) < 4.78 is 61.2. The highest BCUT2D eigenvalue weighted by atomic mass is 19.1. The Kier molecular flexibility index (Phi) is 6.80. The molecule has 4 aliphatic rings. The molecule has 0 spiro atoms. The summed E-state index contributed by atoms with van der Waals surface area (Å²) in [5.41, 5.74) is 6.38. The lowest BCUT2D eigenvalue weighted by molar-refractivity contribution is 0.108. The predicted octanol–water partition coefficient (Wildman–Crippen LogP) is 5.98. The third-order valence-electron chi connectivity index (χ3n) is 10.3. The molecule has 8 rings (SSSR count). The van der Waals surface area contributed by atoms with Crippen LogP contribution in [0.25, 0.3) is 32.8 Å². The van der Waals surface area contributed by atoms with E-state index >= 15 is 8.78 Å². The van der Waals surface area contributed by atoms with Gasteiger partial charge in [0.05, 0.1) is 34.7 Å². The number of aryl methyl sites for hydroxylation is 1. The molecule has 3 aromatic carbocycles. The van der Waals surface area contributed by atoms with E-state index in [0.29, 0.717) is 61.4 Å². The zero-order chi connectivity index (χ0) is 30.9. The van der Waals surface area contributed by atoms with Gasteiger partial charge in [0.15, 0.2) is 5.82 Å². The van der Waals surface area contributed by atoms with Gasteiger partial charge in [0.2, 0.25) is 0 Å². The molecular weight excluding hydrogens is 579 g/mol. The van der Waals surface area contributed by atoms with Crippen LogP contribution in [0.3, 0.4) is 0 Å². The van der Waals surface area contributed by atoms with Gasteiger partial charge in [-0.15, -0.1) is 6.42 Å². The molecule has 0 aliphatic carbocycles. The maximum absolute atomic E-state index is 17.1. The van der Waals surface area contributed by atoms with Crippen LogP contribution >= 0.6 is 0 Å². The number of rotatable bonds is 4. The zero-order valence-electron chi connectivity index (χ0n) is 25.0. The molecule has 1 atom stereocenters. The summed E-state index contributed by atoms with van der Waals surface area (Å²) in [5, 5.41) is 1.04. The van der Waals surface area contributed by atoms with Crippen molar-refractivity contribution < 1.29 is 22.6 Å². The number of aromatic nitrogens is 2. The second kappa shape index (κ2) is 10.8. The van der Waals surface area contributed by atoms with Gasteiger partial charge in [0.25, 0.3) is 0 Å². The Hall–Kier alpha value is -4.07. The van der Waals surface area contributed by atoms with Crippen LogP contribution in [0.2, 0.25) is 0 Å². The van der Waals surface area contributed by atoms with Crippen LogP contribution in [0.15, 0.2) is 24.3 Å². The van der Waals surface area contributed by atoms with Crippen molar-refractivity contribution in [1.82, 2.24) is 14.9 Å². The van der Waals surface area contributed by atoms with Gasteiger partial charge in [-0.2, -0.15) is 9.97 Å². The number of hydrogen-bond donors (Lipinski definition) is 1. The molecule has 1 unspecified atom stereocenters. The lowest BCUT2D eigenvalue weighted by Gasteiger charge is -2.32. The van der Waals surface area contributed by atoms with E-state index in [1.807, 2.05) is 0 Å². The average Bonchev–Trinajstić information content (AvgIpc) is 3.47. The smallest absolute Gasteiger partial charge is 0.319 e. The molecule has 10 heteroatoms. The Labute approximate surface area is 259 Å². The number of hydrogen-bond acceptors (Lipinski definition) is 7. The summed E-state index contributed by atoms with van der Waals surface area (Å²) in [5.74, 6) is 0.554. The van der Waals surface area contributed by atoms with Gasteiger partial charge in [-0.1, -0.05) is 12.0 Å². The number of nitrogen functional groups attached to an aromatic ring is 1. The van der Waals surface area contributed by atoms with Crippen molar-refractivity contribution in [3.8, 4) is 29.5 Å². The maximum Gasteiger partial charge on any atom is 0.319 e. The third-order valence-corrected chi connectivity index (χ3v) is 10.3. The van der Waals surface area contributed by atoms with Crippen LogP contribution in [0.4, 0.5) is 24.7 Å². The first-order valence-corrected chi connectivity index (χ1v) is 15.8. The van der Waals surface area contributed by atoms with Crippen LogP contribution in [0, 0.1) is 29.8 Å². The topological polar surface area (TPSA) is 76.7 Å². The number of terminal acetylenes is 1. The quantitative estimate of drug-likeness (QED) is 0.224. The second-order valence-corrected chi connectivity index (χ2v) is 12.8. The number of nitrogens with two attached hydrogens (primary N) is 1. The molecule has 232 valence electrons. The highest BCUT2D eigenvalue weighted by Crippen LogP contribution is 2.45. The molecule has 2 N–H and O–H groups in total. The molecule has 7 nitrogen and oxygen atoms in total. The molecular formula is C35H34F3N5O2. The first kappa shape index (κ1) is 28.4. The minimum absolute atomic E-state index is 0.0337. The number of fused-ring (bicyclic) bond motifs is 4. The first-order chi connectivity index (χ1) is 21.9. The molecule has 0 radical (unpaired) electrons. The monoisotopic (exact) mass is 613 g/mol. The summed E-state index contributed by atoms with van der Waals surface area (Å²) in [6.07, 6.45) is 11.6. The fourth-order valence-corrected chi connectivity index (χ4v) is 8.20. The zero-order valence-corrected chi connectivity index (χ0v) is 25.0. The third kappa shape index (κ3) is 4.43. The fourth-order valence-electron chi connectivity index (χ4n) is 8.20. The maximum atomic E-state index is 17.1. The van der Waals surface area contributed by atoms with Crippen LogP contribution in [0.1, 0.15) is 49.7 Å². The van der Waals surface area contributed by atoms with Crippen molar-refractivity contribution in [2.24, 2.45) is 0 Å². The Balaban J connectivity index is 1.37. The van der Waals surface area contributed by atoms with Crippen molar-refractivity contribution in [1.29, 1.82) is 0 Å². The van der Waals surface area contributed by atoms with E-state index in [1.165, 1.54) is 18.2 Å². The molecule has 5 heterocycles. The van der Waals surface area contributed by atoms with E-state index in [-0.39, 0.29) is 50.9 Å². The van der Waals surface area contributed by atoms with Gasteiger partial charge >= 0.3 is 6.01 Å². The van der Waals surface area contributed by atoms with Gasteiger partial charge in [0, 0.05) is 29.8 Å². The van der Waals surface area contributed by atoms with Crippen LogP contribution in [0.5, 0.6) is 6.01 Å². The number of halogens is 3. The Bertz CT molecular complexity index is 1900. The van der Waals surface area contributed by atoms with E-state index < -0.39 is 17.5 Å². The van der Waals surface area contributed by atoms with E-state index in [1.54, 1.807) is 6.07 Å². The highest BCUT2D eigenvalue weighted by molar-refractivity contribution is 6.06. The van der Waals surface area contributed by atoms with Gasteiger partial charge in [-0.3, -0.25) is 4.90 Å². The van der Waals surface area contributed by atoms with E-state index in [2.05, 4.69) is 20.7 Å². The van der Waals surface area contributed by atoms with Gasteiger partial charge in [-0.25, -0.2) is 13.2 Å². The van der Waals surface area contributed by atoms with E-state index in [0.717, 1.165) is 45.2 Å². The predicted molar refractivity (Wildman–Crippen MR) is 168 cm³/mol. The van der Waals surface area contributed by atoms with Crippen LogP contribution in [-0.4, -0.2) is 65.9 Å². The summed E-state index contributed by atoms with van der Waals surface area (Å²) in [6, 6.07) is 5.80. The molecule has 1 aromatic heterocycles. The molecule has 4 aromatic rings. The summed E-state index contributed by atoms with van der Waals surface area (Å²) in [4.78, 5) is 14.1. The van der Waals surface area contributed by atoms with Crippen molar-refractivity contribution in [3.63, 3.8) is 0 Å². The van der Waals surface area contributed by atoms with Crippen molar-refractivity contribution >= 4 is 33.2 Å². The molecule has 4 aliphatic heterocycles. The molecule has 3 fully saturated rings. The Morgan fingerprint density at radius 1 is 1.04 bits per heavy atom. The van der Waals surface area contributed by atoms with Gasteiger partial charge in [-0.05, 0) is 87.2 Å². The lowest BCUT2D eigenvalue weighted by atomic mass is 9.90. The van der Waals surface area contributed by atoms with Crippen molar-refractivity contribution in [2.45, 2.75) is 56.5 Å². The van der Waals surface area contributed by atoms with Crippen molar-refractivity contribution in [2.75, 3.05) is 50.1 Å². The van der Waals surface area contributed by atoms with Crippen LogP contribution < -0.4 is 15.4 Å². The van der Waals surface area contributed by atoms with Gasteiger partial charge in [0.1, 0.15) is 29.6 Å². The number of benzene rings is 3. The number of nitrogens with zero attached hydrogens (tertiary/aromatic N) is 4. The molecule has 3 saturated heterocycles. The minimum atomic E-state index is -0.884. The molecule has 45 heavy (non-hydrogen) atoms. The minimum Gasteiger partial charge on any atom is -0.461 e. The number of ether oxygens (including phenoxy) is 2. The summed E-state index contributed by atoms with van der Waals surface area (Å²) in [6.45, 7) is 4.17. The number of anilines is 2. The normalized spacial score (nSPS) is 20.9. The summed E-state index contributed by atoms with van der Waals surface area (Å²) >= 11 is 0. The fraction of sp³-hybridized carbons (Fsp3) is 0.429. The average molecular weight is 614 g/mol. The standard InChI is InChI=1S/C35H34F3N5O2/c1-2-23-26(36)9-6-20-16-21(39)17-25(27(20)23)28-30(37)24-8-7-22-18-44-15-5-14-43(22)33-29(24)32(31(28)38)40-34(41-33)45-19-35-10-3-12-42(35)13-4-11-35/h1,6,9,16-17,22H,3-5,7-8,10-15,18-19,39H2. The molecule has 0 amide bonds. The Morgan fingerprint density at radius 2 is 1.87 bits per heavy atom. The van der Waals surface area contributed by atoms with E-state index in [9.17, 15) is 4.39 Å². The second-order valence-electron chi connectivity index (χ2n) is 12.8.